The summed E-state index contributed by atoms with van der Waals surface area (Å²) >= 11 is 7.75. The van der Waals surface area contributed by atoms with Crippen LogP contribution in [0, 0.1) is 5.92 Å². The predicted molar refractivity (Wildman–Crippen MR) is 83.8 cm³/mol. The van der Waals surface area contributed by atoms with E-state index in [9.17, 15) is 5.11 Å². The minimum absolute atomic E-state index is 0.0500. The maximum absolute atomic E-state index is 9.77. The quantitative estimate of drug-likeness (QED) is 0.883. The molecule has 2 aromatic rings. The summed E-state index contributed by atoms with van der Waals surface area (Å²) < 4.78 is 0.700. The Labute approximate surface area is 128 Å². The van der Waals surface area contributed by atoms with E-state index in [-0.39, 0.29) is 12.6 Å². The lowest BCUT2D eigenvalue weighted by atomic mass is 10.0. The summed E-state index contributed by atoms with van der Waals surface area (Å²) in [5, 5.41) is 11.7. The van der Waals surface area contributed by atoms with Crippen LogP contribution in [0.15, 0.2) is 30.0 Å². The molecule has 2 aromatic heterocycles. The van der Waals surface area contributed by atoms with Crippen LogP contribution in [0.1, 0.15) is 20.3 Å². The number of rotatable bonds is 6. The lowest BCUT2D eigenvalue weighted by Crippen LogP contribution is -2.36. The monoisotopic (exact) mass is 311 g/mol. The Morgan fingerprint density at radius 1 is 1.40 bits per heavy atom. The van der Waals surface area contributed by atoms with Crippen LogP contribution in [0.4, 0.5) is 11.5 Å². The molecule has 0 aliphatic carbocycles. The molecule has 1 N–H and O–H groups in total. The van der Waals surface area contributed by atoms with E-state index in [0.29, 0.717) is 10.3 Å². The van der Waals surface area contributed by atoms with E-state index < -0.39 is 0 Å². The van der Waals surface area contributed by atoms with Crippen molar-refractivity contribution < 1.29 is 5.11 Å². The van der Waals surface area contributed by atoms with Gasteiger partial charge in [0, 0.05) is 6.20 Å². The molecule has 6 heteroatoms. The second-order valence-corrected chi connectivity index (χ2v) is 6.50. The third kappa shape index (κ3) is 3.48. The number of aliphatic hydroxyl groups is 1. The van der Waals surface area contributed by atoms with Gasteiger partial charge < -0.3 is 10.0 Å². The molecule has 0 radical (unpaired) electrons. The highest BCUT2D eigenvalue weighted by Gasteiger charge is 2.24. The molecule has 0 aliphatic rings. The molecule has 0 saturated heterocycles. The number of aromatic nitrogens is 2. The fraction of sp³-hybridized carbons (Fsp3) is 0.429. The molecule has 4 nitrogen and oxygen atoms in total. The summed E-state index contributed by atoms with van der Waals surface area (Å²) in [6.07, 6.45) is 4.05. The van der Waals surface area contributed by atoms with Gasteiger partial charge in [-0.15, -0.1) is 11.3 Å². The van der Waals surface area contributed by atoms with Crippen LogP contribution in [-0.2, 0) is 0 Å². The van der Waals surface area contributed by atoms with Crippen LogP contribution in [0.3, 0.4) is 0 Å². The summed E-state index contributed by atoms with van der Waals surface area (Å²) in [6, 6.07) is 3.73. The van der Waals surface area contributed by atoms with Crippen LogP contribution in [0.2, 0.25) is 4.34 Å². The van der Waals surface area contributed by atoms with Crippen molar-refractivity contribution in [2.24, 2.45) is 5.92 Å². The third-order valence-electron chi connectivity index (χ3n) is 2.99. The van der Waals surface area contributed by atoms with Crippen LogP contribution in [0.5, 0.6) is 0 Å². The molecule has 2 rings (SSSR count). The first-order valence-corrected chi connectivity index (χ1v) is 7.78. The average Bonchev–Trinajstić information content (AvgIpc) is 2.85. The topological polar surface area (TPSA) is 49.2 Å². The minimum Gasteiger partial charge on any atom is -0.394 e. The SMILES string of the molecule is CC(C)CC(CO)N(c1ccncn1)c1ccsc1Cl. The van der Waals surface area contributed by atoms with Gasteiger partial charge in [-0.05, 0) is 29.9 Å². The summed E-state index contributed by atoms with van der Waals surface area (Å²) in [5.74, 6) is 1.22. The van der Waals surface area contributed by atoms with Gasteiger partial charge in [0.15, 0.2) is 0 Å². The number of hydrogen-bond donors (Lipinski definition) is 1. The average molecular weight is 312 g/mol. The lowest BCUT2D eigenvalue weighted by Gasteiger charge is -2.32. The van der Waals surface area contributed by atoms with E-state index in [1.807, 2.05) is 22.4 Å². The Balaban J connectivity index is 2.41. The van der Waals surface area contributed by atoms with Crippen LogP contribution >= 0.6 is 22.9 Å². The van der Waals surface area contributed by atoms with Crippen molar-refractivity contribution in [2.75, 3.05) is 11.5 Å². The van der Waals surface area contributed by atoms with E-state index >= 15 is 0 Å². The van der Waals surface area contributed by atoms with Gasteiger partial charge >= 0.3 is 0 Å². The molecule has 0 amide bonds. The zero-order chi connectivity index (χ0) is 14.5. The van der Waals surface area contributed by atoms with Crippen molar-refractivity contribution >= 4 is 34.4 Å². The molecule has 0 fully saturated rings. The van der Waals surface area contributed by atoms with Gasteiger partial charge in [0.25, 0.3) is 0 Å². The third-order valence-corrected chi connectivity index (χ3v) is 4.14. The Morgan fingerprint density at radius 3 is 2.70 bits per heavy atom. The van der Waals surface area contributed by atoms with Crippen molar-refractivity contribution in [3.05, 3.63) is 34.4 Å². The van der Waals surface area contributed by atoms with Crippen molar-refractivity contribution in [3.63, 3.8) is 0 Å². The summed E-state index contributed by atoms with van der Waals surface area (Å²) in [5.41, 5.74) is 0.884. The molecule has 2 heterocycles. The molecule has 0 aromatic carbocycles. The lowest BCUT2D eigenvalue weighted by molar-refractivity contribution is 0.248. The smallest absolute Gasteiger partial charge is 0.136 e. The van der Waals surface area contributed by atoms with Gasteiger partial charge in [-0.1, -0.05) is 25.4 Å². The number of anilines is 2. The zero-order valence-corrected chi connectivity index (χ0v) is 13.1. The van der Waals surface area contributed by atoms with Crippen molar-refractivity contribution in [2.45, 2.75) is 26.3 Å². The normalized spacial score (nSPS) is 12.7. The molecule has 0 aliphatic heterocycles. The Hall–Kier alpha value is -1.17. The fourth-order valence-corrected chi connectivity index (χ4v) is 3.11. The standard InChI is InChI=1S/C14H18ClN3OS/c1-10(2)7-11(8-19)18(12-4-6-20-14(12)15)13-3-5-16-9-17-13/h3-6,9-11,19H,7-8H2,1-2H3. The van der Waals surface area contributed by atoms with Crippen LogP contribution < -0.4 is 4.90 Å². The number of nitrogens with zero attached hydrogens (tertiary/aromatic N) is 3. The summed E-state index contributed by atoms with van der Waals surface area (Å²) in [6.45, 7) is 4.32. The Bertz CT molecular complexity index is 532. The highest BCUT2D eigenvalue weighted by Crippen LogP contribution is 2.37. The molecule has 20 heavy (non-hydrogen) atoms. The predicted octanol–water partition coefficient (Wildman–Crippen LogP) is 3.74. The van der Waals surface area contributed by atoms with E-state index in [0.717, 1.165) is 17.9 Å². The number of hydrogen-bond acceptors (Lipinski definition) is 5. The zero-order valence-electron chi connectivity index (χ0n) is 11.5. The highest BCUT2D eigenvalue weighted by molar-refractivity contribution is 7.15. The van der Waals surface area contributed by atoms with E-state index in [4.69, 9.17) is 11.6 Å². The van der Waals surface area contributed by atoms with E-state index in [1.54, 1.807) is 6.20 Å². The van der Waals surface area contributed by atoms with Gasteiger partial charge in [0.05, 0.1) is 18.3 Å². The highest BCUT2D eigenvalue weighted by atomic mass is 35.5. The van der Waals surface area contributed by atoms with Crippen molar-refractivity contribution in [3.8, 4) is 0 Å². The van der Waals surface area contributed by atoms with E-state index in [1.165, 1.54) is 17.7 Å². The number of aliphatic hydroxyl groups excluding tert-OH is 1. The summed E-state index contributed by atoms with van der Waals surface area (Å²) in [7, 11) is 0. The molecule has 1 atom stereocenters. The van der Waals surface area contributed by atoms with Gasteiger partial charge in [-0.2, -0.15) is 0 Å². The molecule has 0 spiro atoms. The molecule has 0 bridgehead atoms. The van der Waals surface area contributed by atoms with Crippen LogP contribution in [0.25, 0.3) is 0 Å². The van der Waals surface area contributed by atoms with Crippen molar-refractivity contribution in [1.82, 2.24) is 9.97 Å². The maximum Gasteiger partial charge on any atom is 0.136 e. The maximum atomic E-state index is 9.77. The molecule has 108 valence electrons. The fourth-order valence-electron chi connectivity index (χ4n) is 2.20. The first kappa shape index (κ1) is 15.2. The molecule has 0 saturated carbocycles. The van der Waals surface area contributed by atoms with Crippen molar-refractivity contribution in [1.29, 1.82) is 0 Å². The molecular weight excluding hydrogens is 294 g/mol. The van der Waals surface area contributed by atoms with Gasteiger partial charge in [0.2, 0.25) is 0 Å². The van der Waals surface area contributed by atoms with Gasteiger partial charge in [-0.3, -0.25) is 0 Å². The molecule has 1 unspecified atom stereocenters. The Kier molecular flexibility index (Phi) is 5.34. The number of halogens is 1. The second kappa shape index (κ2) is 7.02. The van der Waals surface area contributed by atoms with Gasteiger partial charge in [0.1, 0.15) is 16.5 Å². The van der Waals surface area contributed by atoms with E-state index in [2.05, 4.69) is 23.8 Å². The number of thiophene rings is 1. The molecular formula is C14H18ClN3OS. The second-order valence-electron chi connectivity index (χ2n) is 4.98. The Morgan fingerprint density at radius 2 is 2.20 bits per heavy atom. The van der Waals surface area contributed by atoms with Crippen LogP contribution in [-0.4, -0.2) is 27.7 Å². The minimum atomic E-state index is -0.0583. The largest absolute Gasteiger partial charge is 0.394 e. The first-order valence-electron chi connectivity index (χ1n) is 6.52. The first-order chi connectivity index (χ1) is 9.63. The summed E-state index contributed by atoms with van der Waals surface area (Å²) in [4.78, 5) is 10.2. The van der Waals surface area contributed by atoms with Gasteiger partial charge in [-0.25, -0.2) is 9.97 Å².